The average molecular weight is 286 g/mol. The highest BCUT2D eigenvalue weighted by Gasteiger charge is 2.11. The van der Waals surface area contributed by atoms with Gasteiger partial charge in [0.25, 0.3) is 0 Å². The largest absolute Gasteiger partial charge is 0.395 e. The molecule has 0 atom stereocenters. The lowest BCUT2D eigenvalue weighted by Gasteiger charge is -2.25. The number of nitrogens with zero attached hydrogens (tertiary/aromatic N) is 1. The number of rotatable bonds is 4. The number of anilines is 2. The summed E-state index contributed by atoms with van der Waals surface area (Å²) in [5.41, 5.74) is 3.08. The Morgan fingerprint density at radius 3 is 2.55 bits per heavy atom. The van der Waals surface area contributed by atoms with Crippen molar-refractivity contribution in [3.63, 3.8) is 0 Å². The van der Waals surface area contributed by atoms with Crippen LogP contribution in [0.25, 0.3) is 0 Å². The van der Waals surface area contributed by atoms with Gasteiger partial charge >= 0.3 is 0 Å². The van der Waals surface area contributed by atoms with Gasteiger partial charge < -0.3 is 15.3 Å². The lowest BCUT2D eigenvalue weighted by Crippen LogP contribution is -2.36. The van der Waals surface area contributed by atoms with Crippen LogP contribution in [0.3, 0.4) is 0 Å². The smallest absolute Gasteiger partial charge is 0.178 e. The molecule has 0 radical (unpaired) electrons. The minimum Gasteiger partial charge on any atom is -0.395 e. The van der Waals surface area contributed by atoms with Crippen molar-refractivity contribution in [1.29, 1.82) is 0 Å². The van der Waals surface area contributed by atoms with Crippen molar-refractivity contribution in [2.45, 2.75) is 6.92 Å². The molecule has 104 valence electrons. The Labute approximate surface area is 124 Å². The highest BCUT2D eigenvalue weighted by molar-refractivity contribution is 7.80. The van der Waals surface area contributed by atoms with Gasteiger partial charge in [0.2, 0.25) is 0 Å². The van der Waals surface area contributed by atoms with E-state index in [1.807, 2.05) is 60.4 Å². The van der Waals surface area contributed by atoms with E-state index in [1.54, 1.807) is 0 Å². The molecule has 0 aliphatic rings. The van der Waals surface area contributed by atoms with Crippen molar-refractivity contribution < 1.29 is 5.11 Å². The van der Waals surface area contributed by atoms with Crippen molar-refractivity contribution >= 4 is 28.7 Å². The summed E-state index contributed by atoms with van der Waals surface area (Å²) >= 11 is 5.45. The fourth-order valence-electron chi connectivity index (χ4n) is 1.96. The van der Waals surface area contributed by atoms with Crippen molar-refractivity contribution in [3.8, 4) is 0 Å². The van der Waals surface area contributed by atoms with Gasteiger partial charge in [0.05, 0.1) is 6.61 Å². The topological polar surface area (TPSA) is 35.5 Å². The second kappa shape index (κ2) is 7.03. The summed E-state index contributed by atoms with van der Waals surface area (Å²) < 4.78 is 0. The molecule has 2 aromatic rings. The molecule has 0 amide bonds. The van der Waals surface area contributed by atoms with E-state index < -0.39 is 0 Å². The van der Waals surface area contributed by atoms with Gasteiger partial charge in [-0.1, -0.05) is 30.3 Å². The summed E-state index contributed by atoms with van der Waals surface area (Å²) in [6, 6.07) is 17.8. The first-order valence-corrected chi connectivity index (χ1v) is 6.92. The number of thiocarbonyl (C=S) groups is 1. The first-order chi connectivity index (χ1) is 9.70. The molecule has 0 bridgehead atoms. The molecule has 0 aliphatic heterocycles. The van der Waals surface area contributed by atoms with Crippen molar-refractivity contribution in [3.05, 3.63) is 60.2 Å². The van der Waals surface area contributed by atoms with Crippen LogP contribution in [0.1, 0.15) is 5.56 Å². The van der Waals surface area contributed by atoms with Crippen LogP contribution in [0.5, 0.6) is 0 Å². The van der Waals surface area contributed by atoms with Crippen LogP contribution in [0, 0.1) is 6.92 Å². The zero-order valence-corrected chi connectivity index (χ0v) is 12.2. The van der Waals surface area contributed by atoms with Gasteiger partial charge in [-0.2, -0.15) is 0 Å². The Morgan fingerprint density at radius 2 is 1.90 bits per heavy atom. The third-order valence-corrected chi connectivity index (χ3v) is 3.23. The summed E-state index contributed by atoms with van der Waals surface area (Å²) in [5.74, 6) is 0. The van der Waals surface area contributed by atoms with Gasteiger partial charge in [-0.05, 0) is 49.0 Å². The molecule has 0 saturated heterocycles. The number of hydrogen-bond acceptors (Lipinski definition) is 2. The van der Waals surface area contributed by atoms with E-state index in [0.717, 1.165) is 16.9 Å². The standard InChI is InChI=1S/C16H18N2OS/c1-13-6-5-9-15(12-13)18(10-11-19)16(20)17-14-7-3-2-4-8-14/h2-9,12,19H,10-11H2,1H3,(H,17,20). The van der Waals surface area contributed by atoms with E-state index in [4.69, 9.17) is 12.2 Å². The van der Waals surface area contributed by atoms with E-state index in [9.17, 15) is 5.11 Å². The van der Waals surface area contributed by atoms with Gasteiger partial charge in [0.1, 0.15) is 0 Å². The van der Waals surface area contributed by atoms with Crippen LogP contribution in [-0.4, -0.2) is 23.4 Å². The average Bonchev–Trinajstić information content (AvgIpc) is 2.45. The Balaban J connectivity index is 2.18. The summed E-state index contributed by atoms with van der Waals surface area (Å²) in [5, 5.41) is 13.0. The summed E-state index contributed by atoms with van der Waals surface area (Å²) in [7, 11) is 0. The molecule has 3 nitrogen and oxygen atoms in total. The minimum atomic E-state index is 0.0462. The zero-order valence-electron chi connectivity index (χ0n) is 11.4. The molecule has 2 aromatic carbocycles. The monoisotopic (exact) mass is 286 g/mol. The fraction of sp³-hybridized carbons (Fsp3) is 0.188. The summed E-state index contributed by atoms with van der Waals surface area (Å²) in [6.45, 7) is 2.54. The van der Waals surface area contributed by atoms with Crippen LogP contribution >= 0.6 is 12.2 Å². The number of aliphatic hydroxyl groups excluding tert-OH is 1. The minimum absolute atomic E-state index is 0.0462. The molecule has 0 saturated carbocycles. The lowest BCUT2D eigenvalue weighted by molar-refractivity contribution is 0.306. The van der Waals surface area contributed by atoms with Gasteiger partial charge in [0.15, 0.2) is 5.11 Å². The van der Waals surface area contributed by atoms with Gasteiger partial charge in [-0.3, -0.25) is 0 Å². The van der Waals surface area contributed by atoms with E-state index in [2.05, 4.69) is 11.4 Å². The Kier molecular flexibility index (Phi) is 5.09. The van der Waals surface area contributed by atoms with Crippen LogP contribution in [0.2, 0.25) is 0 Å². The van der Waals surface area contributed by atoms with Crippen LogP contribution in [-0.2, 0) is 0 Å². The third kappa shape index (κ3) is 3.79. The second-order valence-corrected chi connectivity index (χ2v) is 4.90. The Bertz CT molecular complexity index is 572. The second-order valence-electron chi connectivity index (χ2n) is 4.51. The number of aryl methyl sites for hydroxylation is 1. The molecule has 20 heavy (non-hydrogen) atoms. The molecule has 0 fully saturated rings. The highest BCUT2D eigenvalue weighted by Crippen LogP contribution is 2.17. The summed E-state index contributed by atoms with van der Waals surface area (Å²) in [6.07, 6.45) is 0. The Hall–Kier alpha value is -1.91. The number of hydrogen-bond donors (Lipinski definition) is 2. The van der Waals surface area contributed by atoms with Gasteiger partial charge in [0, 0.05) is 17.9 Å². The molecular formula is C16H18N2OS. The molecule has 0 spiro atoms. The fourth-order valence-corrected chi connectivity index (χ4v) is 2.27. The first kappa shape index (κ1) is 14.5. The van der Waals surface area contributed by atoms with Crippen molar-refractivity contribution in [1.82, 2.24) is 0 Å². The maximum atomic E-state index is 9.25. The third-order valence-electron chi connectivity index (χ3n) is 2.91. The molecule has 0 heterocycles. The first-order valence-electron chi connectivity index (χ1n) is 6.52. The van der Waals surface area contributed by atoms with Crippen molar-refractivity contribution in [2.24, 2.45) is 0 Å². The summed E-state index contributed by atoms with van der Waals surface area (Å²) in [4.78, 5) is 1.90. The molecule has 2 N–H and O–H groups in total. The number of para-hydroxylation sites is 1. The molecule has 0 unspecified atom stereocenters. The highest BCUT2D eigenvalue weighted by atomic mass is 32.1. The SMILES string of the molecule is Cc1cccc(N(CCO)C(=S)Nc2ccccc2)c1. The molecule has 0 aliphatic carbocycles. The maximum absolute atomic E-state index is 9.25. The molecule has 2 rings (SSSR count). The predicted molar refractivity (Wildman–Crippen MR) is 88.3 cm³/mol. The number of nitrogens with one attached hydrogen (secondary N) is 1. The Morgan fingerprint density at radius 1 is 1.15 bits per heavy atom. The van der Waals surface area contributed by atoms with Gasteiger partial charge in [-0.25, -0.2) is 0 Å². The molecule has 0 aromatic heterocycles. The normalized spacial score (nSPS) is 10.1. The molecular weight excluding hydrogens is 268 g/mol. The van der Waals surface area contributed by atoms with E-state index in [0.29, 0.717) is 11.7 Å². The van der Waals surface area contributed by atoms with E-state index in [-0.39, 0.29) is 6.61 Å². The zero-order chi connectivity index (χ0) is 14.4. The molecule has 4 heteroatoms. The van der Waals surface area contributed by atoms with Crippen molar-refractivity contribution in [2.75, 3.05) is 23.4 Å². The lowest BCUT2D eigenvalue weighted by atomic mass is 10.2. The van der Waals surface area contributed by atoms with Crippen LogP contribution < -0.4 is 10.2 Å². The number of aliphatic hydroxyl groups is 1. The van der Waals surface area contributed by atoms with E-state index in [1.165, 1.54) is 0 Å². The number of benzene rings is 2. The predicted octanol–water partition coefficient (Wildman–Crippen LogP) is 3.19. The van der Waals surface area contributed by atoms with Crippen LogP contribution in [0.4, 0.5) is 11.4 Å². The quantitative estimate of drug-likeness (QED) is 0.846. The van der Waals surface area contributed by atoms with E-state index >= 15 is 0 Å². The van der Waals surface area contributed by atoms with Crippen LogP contribution in [0.15, 0.2) is 54.6 Å². The maximum Gasteiger partial charge on any atom is 0.178 e. The van der Waals surface area contributed by atoms with Gasteiger partial charge in [-0.15, -0.1) is 0 Å².